The Hall–Kier alpha value is -0.990. The zero-order valence-corrected chi connectivity index (χ0v) is 7.03. The van der Waals surface area contributed by atoms with E-state index in [1.807, 2.05) is 0 Å². The Morgan fingerprint density at radius 1 is 1.91 bits per heavy atom. The highest BCUT2D eigenvalue weighted by Crippen LogP contribution is 2.02. The molecule has 11 heavy (non-hydrogen) atoms. The van der Waals surface area contributed by atoms with Crippen molar-refractivity contribution in [2.45, 2.75) is 0 Å². The van der Waals surface area contributed by atoms with Gasteiger partial charge >= 0.3 is 5.97 Å². The van der Waals surface area contributed by atoms with Gasteiger partial charge in [-0.3, -0.25) is 10.2 Å². The summed E-state index contributed by atoms with van der Waals surface area (Å²) in [4.78, 5) is 10.5. The largest absolute Gasteiger partial charge is 0.468 e. The van der Waals surface area contributed by atoms with E-state index in [1.54, 1.807) is 0 Å². The maximum atomic E-state index is 10.5. The minimum atomic E-state index is -0.336. The van der Waals surface area contributed by atoms with Gasteiger partial charge in [-0.05, 0) is 0 Å². The lowest BCUT2D eigenvalue weighted by Crippen LogP contribution is -2.04. The van der Waals surface area contributed by atoms with Crippen LogP contribution in [-0.2, 0) is 9.53 Å². The number of nitrogens with one attached hydrogen (secondary N) is 1. The van der Waals surface area contributed by atoms with E-state index in [9.17, 15) is 4.79 Å². The van der Waals surface area contributed by atoms with Crippen molar-refractivity contribution in [3.63, 3.8) is 0 Å². The van der Waals surface area contributed by atoms with Crippen LogP contribution < -0.4 is 0 Å². The summed E-state index contributed by atoms with van der Waals surface area (Å²) in [7, 11) is 1.32. The number of hydrogen-bond acceptors (Lipinski definition) is 4. The Morgan fingerprint density at radius 3 is 3.00 bits per heavy atom. The summed E-state index contributed by atoms with van der Waals surface area (Å²) in [5, 5.41) is 7.41. The number of thioether (sulfide) groups is 1. The number of carbonyl (C=O) groups excluding carboxylic acids is 1. The van der Waals surface area contributed by atoms with Gasteiger partial charge in [0.1, 0.15) is 0 Å². The highest BCUT2D eigenvalue weighted by atomic mass is 32.2. The molecule has 0 aromatic heterocycles. The minimum Gasteiger partial charge on any atom is -0.468 e. The fraction of sp³-hybridized carbons (Fsp3) is 0.286. The van der Waals surface area contributed by atoms with Gasteiger partial charge in [0.2, 0.25) is 0 Å². The van der Waals surface area contributed by atoms with Crippen molar-refractivity contribution in [2.75, 3.05) is 12.9 Å². The first-order chi connectivity index (χ1) is 5.20. The van der Waals surface area contributed by atoms with Crippen molar-refractivity contribution in [2.24, 2.45) is 0 Å². The van der Waals surface area contributed by atoms with Crippen LogP contribution in [0.4, 0.5) is 0 Å². The molecule has 0 spiro atoms. The molecule has 0 rings (SSSR count). The van der Waals surface area contributed by atoms with Crippen LogP contribution in [0.2, 0.25) is 0 Å². The number of hydrogen-bond donors (Lipinski definition) is 1. The van der Waals surface area contributed by atoms with Gasteiger partial charge in [-0.1, -0.05) is 18.3 Å². The molecule has 4 heteroatoms. The van der Waals surface area contributed by atoms with Gasteiger partial charge in [0.05, 0.1) is 17.9 Å². The fourth-order valence-corrected chi connectivity index (χ4v) is 0.888. The third-order valence-corrected chi connectivity index (χ3v) is 1.62. The zero-order valence-electron chi connectivity index (χ0n) is 6.22. The van der Waals surface area contributed by atoms with E-state index in [0.717, 1.165) is 11.8 Å². The van der Waals surface area contributed by atoms with Crippen molar-refractivity contribution in [1.82, 2.24) is 0 Å². The second-order valence-corrected chi connectivity index (χ2v) is 2.59. The molecule has 0 heterocycles. The number of rotatable bonds is 3. The molecule has 0 aromatic rings. The molecule has 0 fully saturated rings. The van der Waals surface area contributed by atoms with Crippen molar-refractivity contribution < 1.29 is 9.53 Å². The van der Waals surface area contributed by atoms with E-state index in [1.165, 1.54) is 13.2 Å². The van der Waals surface area contributed by atoms with Gasteiger partial charge in [0.15, 0.2) is 0 Å². The third-order valence-electron chi connectivity index (χ3n) is 0.806. The lowest BCUT2D eigenvalue weighted by molar-refractivity contribution is -0.137. The van der Waals surface area contributed by atoms with Gasteiger partial charge < -0.3 is 4.74 Å². The summed E-state index contributed by atoms with van der Waals surface area (Å²) in [5.74, 6) is -0.176. The SMILES string of the molecule is C=C=CC(=N)SCC(=O)OC. The first-order valence-corrected chi connectivity index (χ1v) is 3.83. The van der Waals surface area contributed by atoms with E-state index in [2.05, 4.69) is 17.0 Å². The Morgan fingerprint density at radius 2 is 2.55 bits per heavy atom. The van der Waals surface area contributed by atoms with Crippen LogP contribution in [0.5, 0.6) is 0 Å². The van der Waals surface area contributed by atoms with E-state index >= 15 is 0 Å². The maximum absolute atomic E-state index is 10.5. The maximum Gasteiger partial charge on any atom is 0.316 e. The standard InChI is InChI=1S/C7H9NO2S/c1-3-4-6(8)11-5-7(9)10-2/h4,8H,1,5H2,2H3. The molecule has 0 unspecified atom stereocenters. The number of ether oxygens (including phenoxy) is 1. The lowest BCUT2D eigenvalue weighted by atomic mass is 10.6. The number of carbonyl (C=O) groups is 1. The summed E-state index contributed by atoms with van der Waals surface area (Å²) in [6.45, 7) is 3.30. The normalized spacial score (nSPS) is 8.09. The topological polar surface area (TPSA) is 50.2 Å². The second-order valence-electron chi connectivity index (χ2n) is 1.58. The predicted octanol–water partition coefficient (Wildman–Crippen LogP) is 1.21. The predicted molar refractivity (Wildman–Crippen MR) is 45.9 cm³/mol. The molecule has 0 aliphatic heterocycles. The van der Waals surface area contributed by atoms with E-state index in [-0.39, 0.29) is 16.8 Å². The molecule has 0 bridgehead atoms. The molecule has 0 saturated carbocycles. The summed E-state index contributed by atoms with van der Waals surface area (Å²) < 4.78 is 4.37. The molecule has 1 N–H and O–H groups in total. The Balaban J connectivity index is 3.62. The highest BCUT2D eigenvalue weighted by molar-refractivity contribution is 8.14. The highest BCUT2D eigenvalue weighted by Gasteiger charge is 2.00. The van der Waals surface area contributed by atoms with Crippen LogP contribution >= 0.6 is 11.8 Å². The molecule has 0 amide bonds. The Bertz CT molecular complexity index is 206. The monoisotopic (exact) mass is 171 g/mol. The molecule has 0 aliphatic rings. The average molecular weight is 171 g/mol. The van der Waals surface area contributed by atoms with Gasteiger partial charge in [0, 0.05) is 6.08 Å². The molecule has 0 atom stereocenters. The summed E-state index contributed by atoms with van der Waals surface area (Å²) in [6, 6.07) is 0. The van der Waals surface area contributed by atoms with Gasteiger partial charge in [-0.2, -0.15) is 0 Å². The number of methoxy groups -OCH3 is 1. The summed E-state index contributed by atoms with van der Waals surface area (Å²) in [5.41, 5.74) is 2.44. The van der Waals surface area contributed by atoms with Gasteiger partial charge in [-0.15, -0.1) is 5.73 Å². The molecular weight excluding hydrogens is 162 g/mol. The molecule has 0 saturated heterocycles. The zero-order chi connectivity index (χ0) is 8.69. The first kappa shape index (κ1) is 10.0. The summed E-state index contributed by atoms with van der Waals surface area (Å²) >= 11 is 1.08. The van der Waals surface area contributed by atoms with Crippen molar-refractivity contribution in [1.29, 1.82) is 5.41 Å². The molecule has 60 valence electrons. The van der Waals surface area contributed by atoms with Gasteiger partial charge in [-0.25, -0.2) is 0 Å². The van der Waals surface area contributed by atoms with Crippen molar-refractivity contribution >= 4 is 22.8 Å². The smallest absolute Gasteiger partial charge is 0.316 e. The first-order valence-electron chi connectivity index (χ1n) is 2.84. The lowest BCUT2D eigenvalue weighted by Gasteiger charge is -1.95. The minimum absolute atomic E-state index is 0.160. The number of esters is 1. The van der Waals surface area contributed by atoms with E-state index in [0.29, 0.717) is 0 Å². The van der Waals surface area contributed by atoms with Crippen LogP contribution in [-0.4, -0.2) is 23.9 Å². The van der Waals surface area contributed by atoms with Crippen LogP contribution in [0.25, 0.3) is 0 Å². The quantitative estimate of drug-likeness (QED) is 0.300. The second kappa shape index (κ2) is 5.77. The van der Waals surface area contributed by atoms with Crippen molar-refractivity contribution in [3.8, 4) is 0 Å². The van der Waals surface area contributed by atoms with E-state index in [4.69, 9.17) is 5.41 Å². The molecule has 0 radical (unpaired) electrons. The fourth-order valence-electron chi connectivity index (χ4n) is 0.330. The van der Waals surface area contributed by atoms with Crippen LogP contribution in [0.3, 0.4) is 0 Å². The third kappa shape index (κ3) is 5.45. The molecular formula is C7H9NO2S. The Labute approximate surface area is 69.6 Å². The van der Waals surface area contributed by atoms with Gasteiger partial charge in [0.25, 0.3) is 0 Å². The molecule has 3 nitrogen and oxygen atoms in total. The van der Waals surface area contributed by atoms with E-state index < -0.39 is 0 Å². The van der Waals surface area contributed by atoms with Crippen LogP contribution in [0.1, 0.15) is 0 Å². The molecule has 0 aliphatic carbocycles. The summed E-state index contributed by atoms with van der Waals surface area (Å²) in [6.07, 6.45) is 1.40. The average Bonchev–Trinajstić information content (AvgIpc) is 2.01. The van der Waals surface area contributed by atoms with Crippen LogP contribution in [0.15, 0.2) is 18.4 Å². The molecule has 0 aromatic carbocycles. The Kier molecular flexibility index (Phi) is 5.25. The van der Waals surface area contributed by atoms with Crippen LogP contribution in [0, 0.1) is 5.41 Å². The van der Waals surface area contributed by atoms with Crippen molar-refractivity contribution in [3.05, 3.63) is 18.4 Å².